The van der Waals surface area contributed by atoms with Gasteiger partial charge in [-0.05, 0) is 45.5 Å². The van der Waals surface area contributed by atoms with Gasteiger partial charge in [-0.3, -0.25) is 0 Å². The minimum atomic E-state index is 0.555. The first kappa shape index (κ1) is 11.3. The van der Waals surface area contributed by atoms with E-state index < -0.39 is 0 Å². The molecule has 0 saturated carbocycles. The lowest BCUT2D eigenvalue weighted by molar-refractivity contribution is 0.878. The van der Waals surface area contributed by atoms with Crippen molar-refractivity contribution >= 4 is 21.5 Å². The van der Waals surface area contributed by atoms with E-state index >= 15 is 0 Å². The number of aryl methyl sites for hydroxylation is 1. The highest BCUT2D eigenvalue weighted by atomic mass is 14.1. The van der Waals surface area contributed by atoms with E-state index in [0.29, 0.717) is 5.92 Å². The Hall–Kier alpha value is -1.82. The topological polar surface area (TPSA) is 0 Å². The SMILES string of the molecule is Cc1cccc2cc(C(C)C)c3ccccc3c12. The van der Waals surface area contributed by atoms with E-state index in [4.69, 9.17) is 0 Å². The van der Waals surface area contributed by atoms with Crippen LogP contribution in [-0.2, 0) is 0 Å². The van der Waals surface area contributed by atoms with E-state index in [1.54, 1.807) is 0 Å². The van der Waals surface area contributed by atoms with Crippen molar-refractivity contribution in [2.45, 2.75) is 26.7 Å². The molecule has 3 rings (SSSR count). The second-order valence-corrected chi connectivity index (χ2v) is 5.34. The zero-order valence-electron chi connectivity index (χ0n) is 11.2. The average Bonchev–Trinajstić information content (AvgIpc) is 2.37. The van der Waals surface area contributed by atoms with Crippen LogP contribution < -0.4 is 0 Å². The number of fused-ring (bicyclic) bond motifs is 3. The number of hydrogen-bond acceptors (Lipinski definition) is 0. The molecule has 0 radical (unpaired) electrons. The third-order valence-corrected chi connectivity index (χ3v) is 3.75. The van der Waals surface area contributed by atoms with Crippen LogP contribution in [0.2, 0.25) is 0 Å². The van der Waals surface area contributed by atoms with Gasteiger partial charge < -0.3 is 0 Å². The fourth-order valence-electron chi connectivity index (χ4n) is 2.85. The summed E-state index contributed by atoms with van der Waals surface area (Å²) in [4.78, 5) is 0. The lowest BCUT2D eigenvalue weighted by Crippen LogP contribution is -1.91. The molecule has 0 saturated heterocycles. The van der Waals surface area contributed by atoms with Gasteiger partial charge in [-0.2, -0.15) is 0 Å². The van der Waals surface area contributed by atoms with Crippen molar-refractivity contribution in [1.29, 1.82) is 0 Å². The van der Waals surface area contributed by atoms with Crippen molar-refractivity contribution in [3.05, 3.63) is 59.7 Å². The van der Waals surface area contributed by atoms with Gasteiger partial charge in [-0.15, -0.1) is 0 Å². The van der Waals surface area contributed by atoms with Crippen LogP contribution in [0.15, 0.2) is 48.5 Å². The molecular formula is C18H18. The molecule has 3 aromatic rings. The molecular weight excluding hydrogens is 216 g/mol. The monoisotopic (exact) mass is 234 g/mol. The molecule has 90 valence electrons. The highest BCUT2D eigenvalue weighted by molar-refractivity contribution is 6.10. The molecule has 0 atom stereocenters. The number of hydrogen-bond donors (Lipinski definition) is 0. The predicted octanol–water partition coefficient (Wildman–Crippen LogP) is 5.42. The first-order valence-corrected chi connectivity index (χ1v) is 6.59. The van der Waals surface area contributed by atoms with Crippen LogP contribution in [-0.4, -0.2) is 0 Å². The third kappa shape index (κ3) is 1.60. The van der Waals surface area contributed by atoms with E-state index in [1.807, 2.05) is 0 Å². The average molecular weight is 234 g/mol. The van der Waals surface area contributed by atoms with Gasteiger partial charge in [0.15, 0.2) is 0 Å². The Kier molecular flexibility index (Phi) is 2.59. The summed E-state index contributed by atoms with van der Waals surface area (Å²) in [5.74, 6) is 0.555. The summed E-state index contributed by atoms with van der Waals surface area (Å²) >= 11 is 0. The molecule has 0 spiro atoms. The molecule has 0 aliphatic carbocycles. The first-order valence-electron chi connectivity index (χ1n) is 6.59. The molecule has 0 amide bonds. The lowest BCUT2D eigenvalue weighted by atomic mass is 9.90. The van der Waals surface area contributed by atoms with Gasteiger partial charge in [0, 0.05) is 0 Å². The Labute approximate surface area is 108 Å². The van der Waals surface area contributed by atoms with Gasteiger partial charge in [0.2, 0.25) is 0 Å². The maximum absolute atomic E-state index is 2.36. The van der Waals surface area contributed by atoms with Gasteiger partial charge in [-0.25, -0.2) is 0 Å². The molecule has 0 bridgehead atoms. The second-order valence-electron chi connectivity index (χ2n) is 5.34. The molecule has 18 heavy (non-hydrogen) atoms. The van der Waals surface area contributed by atoms with Crippen LogP contribution in [0.1, 0.15) is 30.9 Å². The summed E-state index contributed by atoms with van der Waals surface area (Å²) in [5, 5.41) is 5.54. The largest absolute Gasteiger partial charge is 0.0616 e. The molecule has 0 heteroatoms. The van der Waals surface area contributed by atoms with Crippen LogP contribution in [0.4, 0.5) is 0 Å². The Bertz CT molecular complexity index is 721. The standard InChI is InChI=1S/C18H18/c1-12(2)17-11-14-8-6-7-13(3)18(14)16-10-5-4-9-15(16)17/h4-12H,1-3H3. The Balaban J connectivity index is 2.58. The smallest absolute Gasteiger partial charge is 0.00759 e. The summed E-state index contributed by atoms with van der Waals surface area (Å²) in [7, 11) is 0. The minimum absolute atomic E-state index is 0.555. The molecule has 0 aliphatic rings. The molecule has 0 heterocycles. The number of benzene rings is 3. The highest BCUT2D eigenvalue weighted by Crippen LogP contribution is 2.33. The van der Waals surface area contributed by atoms with E-state index in [2.05, 4.69) is 69.3 Å². The maximum atomic E-state index is 2.36. The summed E-state index contributed by atoms with van der Waals surface area (Å²) in [6.45, 7) is 6.73. The Morgan fingerprint density at radius 2 is 1.56 bits per heavy atom. The van der Waals surface area contributed by atoms with Crippen molar-refractivity contribution in [3.63, 3.8) is 0 Å². The van der Waals surface area contributed by atoms with Gasteiger partial charge in [0.25, 0.3) is 0 Å². The summed E-state index contributed by atoms with van der Waals surface area (Å²) < 4.78 is 0. The van der Waals surface area contributed by atoms with Crippen LogP contribution >= 0.6 is 0 Å². The molecule has 3 aromatic carbocycles. The van der Waals surface area contributed by atoms with Crippen LogP contribution in [0.25, 0.3) is 21.5 Å². The predicted molar refractivity (Wildman–Crippen MR) is 80.3 cm³/mol. The van der Waals surface area contributed by atoms with Crippen molar-refractivity contribution in [3.8, 4) is 0 Å². The van der Waals surface area contributed by atoms with Gasteiger partial charge in [0.05, 0.1) is 0 Å². The molecule has 0 nitrogen and oxygen atoms in total. The van der Waals surface area contributed by atoms with E-state index in [-0.39, 0.29) is 0 Å². The fraction of sp³-hybridized carbons (Fsp3) is 0.222. The number of rotatable bonds is 1. The zero-order chi connectivity index (χ0) is 12.7. The minimum Gasteiger partial charge on any atom is -0.0616 e. The fourth-order valence-corrected chi connectivity index (χ4v) is 2.85. The van der Waals surface area contributed by atoms with Crippen molar-refractivity contribution < 1.29 is 0 Å². The molecule has 0 aliphatic heterocycles. The van der Waals surface area contributed by atoms with Crippen molar-refractivity contribution in [1.82, 2.24) is 0 Å². The third-order valence-electron chi connectivity index (χ3n) is 3.75. The lowest BCUT2D eigenvalue weighted by Gasteiger charge is -2.14. The van der Waals surface area contributed by atoms with E-state index in [9.17, 15) is 0 Å². The van der Waals surface area contributed by atoms with Crippen LogP contribution in [0.5, 0.6) is 0 Å². The summed E-state index contributed by atoms with van der Waals surface area (Å²) in [6.07, 6.45) is 0. The van der Waals surface area contributed by atoms with Gasteiger partial charge >= 0.3 is 0 Å². The van der Waals surface area contributed by atoms with Crippen LogP contribution in [0, 0.1) is 6.92 Å². The molecule has 0 fully saturated rings. The second kappa shape index (κ2) is 4.13. The van der Waals surface area contributed by atoms with Crippen molar-refractivity contribution in [2.24, 2.45) is 0 Å². The summed E-state index contributed by atoms with van der Waals surface area (Å²) in [5.41, 5.74) is 2.81. The van der Waals surface area contributed by atoms with E-state index in [0.717, 1.165) is 0 Å². The molecule has 0 aromatic heterocycles. The van der Waals surface area contributed by atoms with Crippen molar-refractivity contribution in [2.75, 3.05) is 0 Å². The highest BCUT2D eigenvalue weighted by Gasteiger charge is 2.09. The Morgan fingerprint density at radius 1 is 0.833 bits per heavy atom. The molecule has 0 unspecified atom stereocenters. The maximum Gasteiger partial charge on any atom is -0.00759 e. The summed E-state index contributed by atoms with van der Waals surface area (Å²) in [6, 6.07) is 17.7. The Morgan fingerprint density at radius 3 is 2.28 bits per heavy atom. The zero-order valence-corrected chi connectivity index (χ0v) is 11.2. The van der Waals surface area contributed by atoms with Gasteiger partial charge in [-0.1, -0.05) is 62.4 Å². The molecule has 0 N–H and O–H groups in total. The first-order chi connectivity index (χ1) is 8.68. The quantitative estimate of drug-likeness (QED) is 0.493. The van der Waals surface area contributed by atoms with Gasteiger partial charge in [0.1, 0.15) is 0 Å². The van der Waals surface area contributed by atoms with Crippen LogP contribution in [0.3, 0.4) is 0 Å². The van der Waals surface area contributed by atoms with E-state index in [1.165, 1.54) is 32.7 Å². The normalized spacial score (nSPS) is 11.6.